The predicted octanol–water partition coefficient (Wildman–Crippen LogP) is 2.70. The van der Waals surface area contributed by atoms with E-state index in [0.717, 1.165) is 18.7 Å². The van der Waals surface area contributed by atoms with Gasteiger partial charge >= 0.3 is 5.97 Å². The van der Waals surface area contributed by atoms with Crippen LogP contribution in [0.5, 0.6) is 0 Å². The van der Waals surface area contributed by atoms with Crippen molar-refractivity contribution in [1.29, 1.82) is 0 Å². The summed E-state index contributed by atoms with van der Waals surface area (Å²) in [5.74, 6) is -0.0771. The van der Waals surface area contributed by atoms with E-state index in [9.17, 15) is 4.79 Å². The first kappa shape index (κ1) is 14.7. The number of thiophene rings is 1. The number of hydrogen-bond acceptors (Lipinski definition) is 5. The highest BCUT2D eigenvalue weighted by molar-refractivity contribution is 7.09. The number of hydrogen-bond donors (Lipinski definition) is 0. The number of esters is 1. The number of aryl methyl sites for hydroxylation is 2. The molecule has 20 heavy (non-hydrogen) atoms. The van der Waals surface area contributed by atoms with Gasteiger partial charge in [0.05, 0.1) is 12.3 Å². The van der Waals surface area contributed by atoms with E-state index in [0.29, 0.717) is 18.2 Å². The molecule has 0 aromatic carbocycles. The quantitative estimate of drug-likeness (QED) is 0.768. The Morgan fingerprint density at radius 2 is 2.30 bits per heavy atom. The van der Waals surface area contributed by atoms with Crippen molar-refractivity contribution in [3.63, 3.8) is 0 Å². The molecule has 0 aliphatic carbocycles. The molecule has 2 rings (SSSR count). The lowest BCUT2D eigenvalue weighted by Crippen LogP contribution is -2.12. The second-order valence-corrected chi connectivity index (χ2v) is 6.10. The molecule has 5 nitrogen and oxygen atoms in total. The second kappa shape index (κ2) is 6.65. The third-order valence-electron chi connectivity index (χ3n) is 2.87. The third-order valence-corrected chi connectivity index (χ3v) is 3.81. The molecule has 0 bridgehead atoms. The van der Waals surface area contributed by atoms with Crippen molar-refractivity contribution < 1.29 is 9.53 Å². The zero-order chi connectivity index (χ0) is 14.5. The molecule has 0 radical (unpaired) electrons. The van der Waals surface area contributed by atoms with Gasteiger partial charge in [-0.3, -0.25) is 0 Å². The van der Waals surface area contributed by atoms with Gasteiger partial charge in [-0.15, -0.1) is 16.4 Å². The van der Waals surface area contributed by atoms with Gasteiger partial charge in [0.1, 0.15) is 0 Å². The fourth-order valence-corrected chi connectivity index (χ4v) is 2.44. The molecule has 0 aliphatic heterocycles. The Morgan fingerprint density at radius 1 is 1.50 bits per heavy atom. The first-order valence-corrected chi connectivity index (χ1v) is 7.55. The molecule has 6 heteroatoms. The lowest BCUT2D eigenvalue weighted by Gasteiger charge is -2.06. The van der Waals surface area contributed by atoms with E-state index in [1.807, 2.05) is 26.8 Å². The number of carbonyl (C=O) groups excluding carboxylic acids is 1. The Kier molecular flexibility index (Phi) is 4.89. The van der Waals surface area contributed by atoms with Crippen LogP contribution in [0, 0.1) is 12.8 Å². The number of rotatable bonds is 6. The van der Waals surface area contributed by atoms with Crippen molar-refractivity contribution in [2.45, 2.75) is 33.7 Å². The fraction of sp³-hybridized carbons (Fsp3) is 0.500. The van der Waals surface area contributed by atoms with Gasteiger partial charge in [-0.2, -0.15) is 0 Å². The zero-order valence-corrected chi connectivity index (χ0v) is 12.8. The minimum absolute atomic E-state index is 0.313. The standard InChI is InChI=1S/C14H19N3O2S/c1-10(2)9-19-14(18)13-11(3)17(16-15-13)7-6-12-5-4-8-20-12/h4-5,8,10H,6-7,9H2,1-3H3. The van der Waals surface area contributed by atoms with Crippen molar-refractivity contribution in [2.75, 3.05) is 6.61 Å². The molecule has 2 aromatic rings. The molecular weight excluding hydrogens is 274 g/mol. The molecule has 0 saturated carbocycles. The fourth-order valence-electron chi connectivity index (χ4n) is 1.74. The summed E-state index contributed by atoms with van der Waals surface area (Å²) in [5.41, 5.74) is 1.08. The van der Waals surface area contributed by atoms with E-state index in [-0.39, 0.29) is 0 Å². The average Bonchev–Trinajstić information content (AvgIpc) is 3.03. The van der Waals surface area contributed by atoms with E-state index in [1.165, 1.54) is 4.88 Å². The van der Waals surface area contributed by atoms with Gasteiger partial charge in [-0.1, -0.05) is 25.1 Å². The van der Waals surface area contributed by atoms with Crippen LogP contribution in [0.4, 0.5) is 0 Å². The van der Waals surface area contributed by atoms with Crippen molar-refractivity contribution in [3.8, 4) is 0 Å². The van der Waals surface area contributed by atoms with Gasteiger partial charge < -0.3 is 4.74 Å². The summed E-state index contributed by atoms with van der Waals surface area (Å²) in [6.45, 7) is 6.97. The van der Waals surface area contributed by atoms with Crippen molar-refractivity contribution >= 4 is 17.3 Å². The maximum absolute atomic E-state index is 11.9. The normalized spacial score (nSPS) is 11.0. The van der Waals surface area contributed by atoms with Crippen LogP contribution in [-0.2, 0) is 17.7 Å². The lowest BCUT2D eigenvalue weighted by molar-refractivity contribution is 0.0451. The number of ether oxygens (including phenoxy) is 1. The molecular formula is C14H19N3O2S. The summed E-state index contributed by atoms with van der Waals surface area (Å²) >= 11 is 1.72. The van der Waals surface area contributed by atoms with E-state index < -0.39 is 5.97 Å². The molecule has 0 fully saturated rings. The van der Waals surface area contributed by atoms with E-state index in [2.05, 4.69) is 21.8 Å². The van der Waals surface area contributed by atoms with Gasteiger partial charge in [-0.05, 0) is 24.3 Å². The summed E-state index contributed by atoms with van der Waals surface area (Å²) in [4.78, 5) is 13.2. The molecule has 2 aromatic heterocycles. The van der Waals surface area contributed by atoms with Crippen LogP contribution >= 0.6 is 11.3 Å². The first-order valence-electron chi connectivity index (χ1n) is 6.67. The summed E-state index contributed by atoms with van der Waals surface area (Å²) in [6, 6.07) is 4.12. The Hall–Kier alpha value is -1.69. The van der Waals surface area contributed by atoms with E-state index in [4.69, 9.17) is 4.74 Å². The van der Waals surface area contributed by atoms with Gasteiger partial charge in [-0.25, -0.2) is 9.48 Å². The average molecular weight is 293 g/mol. The Morgan fingerprint density at radius 3 is 2.95 bits per heavy atom. The summed E-state index contributed by atoms with van der Waals surface area (Å²) in [5, 5.41) is 10.0. The molecule has 108 valence electrons. The molecule has 0 unspecified atom stereocenters. The van der Waals surface area contributed by atoms with Gasteiger partial charge in [0, 0.05) is 17.8 Å². The summed E-state index contributed by atoms with van der Waals surface area (Å²) < 4.78 is 6.94. The molecule has 0 atom stereocenters. The van der Waals surface area contributed by atoms with Gasteiger partial charge in [0.25, 0.3) is 0 Å². The molecule has 0 saturated heterocycles. The monoisotopic (exact) mass is 293 g/mol. The molecule has 2 heterocycles. The van der Waals surface area contributed by atoms with Crippen LogP contribution in [-0.4, -0.2) is 27.6 Å². The van der Waals surface area contributed by atoms with Crippen molar-refractivity contribution in [3.05, 3.63) is 33.8 Å². The Labute approximate surface area is 122 Å². The van der Waals surface area contributed by atoms with Crippen LogP contribution in [0.1, 0.15) is 34.9 Å². The lowest BCUT2D eigenvalue weighted by atomic mass is 10.2. The minimum atomic E-state index is -0.390. The molecule has 0 spiro atoms. The van der Waals surface area contributed by atoms with Crippen LogP contribution < -0.4 is 0 Å². The third kappa shape index (κ3) is 3.66. The Balaban J connectivity index is 1.97. The first-order chi connectivity index (χ1) is 9.58. The van der Waals surface area contributed by atoms with Crippen LogP contribution in [0.25, 0.3) is 0 Å². The number of aromatic nitrogens is 3. The van der Waals surface area contributed by atoms with Crippen LogP contribution in [0.15, 0.2) is 17.5 Å². The van der Waals surface area contributed by atoms with Crippen molar-refractivity contribution in [2.24, 2.45) is 5.92 Å². The smallest absolute Gasteiger partial charge is 0.360 e. The maximum Gasteiger partial charge on any atom is 0.360 e. The number of nitrogens with zero attached hydrogens (tertiary/aromatic N) is 3. The molecule has 0 N–H and O–H groups in total. The summed E-state index contributed by atoms with van der Waals surface area (Å²) in [6.07, 6.45) is 0.891. The summed E-state index contributed by atoms with van der Waals surface area (Å²) in [7, 11) is 0. The minimum Gasteiger partial charge on any atom is -0.461 e. The largest absolute Gasteiger partial charge is 0.461 e. The topological polar surface area (TPSA) is 57.0 Å². The molecule has 0 aliphatic rings. The van der Waals surface area contributed by atoms with Crippen molar-refractivity contribution in [1.82, 2.24) is 15.0 Å². The highest BCUT2D eigenvalue weighted by Crippen LogP contribution is 2.12. The zero-order valence-electron chi connectivity index (χ0n) is 12.0. The van der Waals surface area contributed by atoms with E-state index >= 15 is 0 Å². The predicted molar refractivity (Wildman–Crippen MR) is 77.9 cm³/mol. The van der Waals surface area contributed by atoms with Gasteiger partial charge in [0.15, 0.2) is 5.69 Å². The SMILES string of the molecule is Cc1c(C(=O)OCC(C)C)nnn1CCc1cccs1. The van der Waals surface area contributed by atoms with Gasteiger partial charge in [0.2, 0.25) is 0 Å². The molecule has 0 amide bonds. The number of carbonyl (C=O) groups is 1. The highest BCUT2D eigenvalue weighted by atomic mass is 32.1. The Bertz CT molecular complexity index is 561. The van der Waals surface area contributed by atoms with E-state index in [1.54, 1.807) is 16.0 Å². The highest BCUT2D eigenvalue weighted by Gasteiger charge is 2.18. The maximum atomic E-state index is 11.9. The second-order valence-electron chi connectivity index (χ2n) is 5.07. The van der Waals surface area contributed by atoms with Crippen LogP contribution in [0.3, 0.4) is 0 Å². The van der Waals surface area contributed by atoms with Crippen LogP contribution in [0.2, 0.25) is 0 Å².